The number of hydrogen-bond donors (Lipinski definition) is 3. The summed E-state index contributed by atoms with van der Waals surface area (Å²) >= 11 is 0. The highest BCUT2D eigenvalue weighted by Gasteiger charge is 2.17. The standard InChI is InChI=1S/C20H34N4O3/c1-2-3-10-23(17-18-6-4-5-7-19(18)25)14-13-22-11-8-21-9-12-24(16-15-22)20(26)27/h4-7,21,25H,2-3,8-17H2,1H3,(H,26,27). The minimum atomic E-state index is -0.845. The fourth-order valence-electron chi connectivity index (χ4n) is 3.30. The molecule has 1 amide bonds. The molecule has 0 spiro atoms. The summed E-state index contributed by atoms with van der Waals surface area (Å²) in [5, 5.41) is 22.7. The van der Waals surface area contributed by atoms with Crippen LogP contribution in [0.25, 0.3) is 0 Å². The Labute approximate surface area is 162 Å². The van der Waals surface area contributed by atoms with Crippen molar-refractivity contribution < 1.29 is 15.0 Å². The number of unbranched alkanes of at least 4 members (excludes halogenated alkanes) is 1. The zero-order chi connectivity index (χ0) is 19.5. The van der Waals surface area contributed by atoms with E-state index in [9.17, 15) is 15.0 Å². The van der Waals surface area contributed by atoms with Crippen LogP contribution in [0.1, 0.15) is 25.3 Å². The third kappa shape index (κ3) is 7.74. The van der Waals surface area contributed by atoms with Crippen molar-refractivity contribution in [1.29, 1.82) is 0 Å². The van der Waals surface area contributed by atoms with Crippen LogP contribution in [0.4, 0.5) is 4.79 Å². The first-order valence-corrected chi connectivity index (χ1v) is 10.00. The van der Waals surface area contributed by atoms with Crippen LogP contribution in [0.3, 0.4) is 0 Å². The summed E-state index contributed by atoms with van der Waals surface area (Å²) in [6, 6.07) is 7.52. The molecule has 1 aromatic carbocycles. The molecule has 1 saturated heterocycles. The van der Waals surface area contributed by atoms with Gasteiger partial charge in [0, 0.05) is 64.5 Å². The van der Waals surface area contributed by atoms with Crippen molar-refractivity contribution in [3.63, 3.8) is 0 Å². The number of carbonyl (C=O) groups is 1. The van der Waals surface area contributed by atoms with Gasteiger partial charge in [0.25, 0.3) is 0 Å². The van der Waals surface area contributed by atoms with Gasteiger partial charge >= 0.3 is 6.09 Å². The number of hydrogen-bond acceptors (Lipinski definition) is 5. The minimum Gasteiger partial charge on any atom is -0.508 e. The molecule has 7 nitrogen and oxygen atoms in total. The number of nitrogens with one attached hydrogen (secondary N) is 1. The summed E-state index contributed by atoms with van der Waals surface area (Å²) < 4.78 is 0. The normalized spacial score (nSPS) is 16.7. The average Bonchev–Trinajstić information content (AvgIpc) is 2.77. The number of amides is 1. The van der Waals surface area contributed by atoms with E-state index in [1.54, 1.807) is 6.07 Å². The van der Waals surface area contributed by atoms with E-state index in [-0.39, 0.29) is 0 Å². The summed E-state index contributed by atoms with van der Waals surface area (Å²) in [5.41, 5.74) is 0.955. The lowest BCUT2D eigenvalue weighted by Crippen LogP contribution is -2.41. The lowest BCUT2D eigenvalue weighted by Gasteiger charge is -2.28. The SMILES string of the molecule is CCCCN(CCN1CCNCCN(C(=O)O)CC1)Cc1ccccc1O. The van der Waals surface area contributed by atoms with Gasteiger partial charge < -0.3 is 20.4 Å². The monoisotopic (exact) mass is 378 g/mol. The molecule has 0 unspecified atom stereocenters. The molecule has 1 heterocycles. The van der Waals surface area contributed by atoms with Gasteiger partial charge in [-0.05, 0) is 19.0 Å². The van der Waals surface area contributed by atoms with Crippen molar-refractivity contribution in [2.24, 2.45) is 0 Å². The van der Waals surface area contributed by atoms with Crippen LogP contribution in [0.2, 0.25) is 0 Å². The molecular formula is C20H34N4O3. The van der Waals surface area contributed by atoms with Crippen molar-refractivity contribution in [3.8, 4) is 5.75 Å². The van der Waals surface area contributed by atoms with E-state index in [0.29, 0.717) is 25.4 Å². The van der Waals surface area contributed by atoms with Gasteiger partial charge in [-0.3, -0.25) is 9.80 Å². The minimum absolute atomic E-state index is 0.350. The Hall–Kier alpha value is -1.83. The lowest BCUT2D eigenvalue weighted by atomic mass is 10.2. The molecule has 1 fully saturated rings. The van der Waals surface area contributed by atoms with E-state index < -0.39 is 6.09 Å². The second kappa shape index (κ2) is 11.8. The van der Waals surface area contributed by atoms with E-state index in [2.05, 4.69) is 22.0 Å². The third-order valence-corrected chi connectivity index (χ3v) is 5.07. The molecule has 0 atom stereocenters. The van der Waals surface area contributed by atoms with Gasteiger partial charge in [0.1, 0.15) is 5.75 Å². The average molecular weight is 379 g/mol. The van der Waals surface area contributed by atoms with Gasteiger partial charge in [-0.2, -0.15) is 0 Å². The number of aromatic hydroxyl groups is 1. The van der Waals surface area contributed by atoms with Crippen LogP contribution in [-0.2, 0) is 6.54 Å². The molecule has 7 heteroatoms. The topological polar surface area (TPSA) is 79.3 Å². The van der Waals surface area contributed by atoms with Gasteiger partial charge in [0.05, 0.1) is 0 Å². The molecule has 1 aromatic rings. The van der Waals surface area contributed by atoms with Crippen molar-refractivity contribution >= 4 is 6.09 Å². The predicted molar refractivity (Wildman–Crippen MR) is 107 cm³/mol. The third-order valence-electron chi connectivity index (χ3n) is 5.07. The Bertz CT molecular complexity index is 570. The lowest BCUT2D eigenvalue weighted by molar-refractivity contribution is 0.137. The summed E-state index contributed by atoms with van der Waals surface area (Å²) in [5.74, 6) is 0.350. The number of nitrogens with zero attached hydrogens (tertiary/aromatic N) is 3. The number of rotatable bonds is 8. The highest BCUT2D eigenvalue weighted by Crippen LogP contribution is 2.18. The zero-order valence-electron chi connectivity index (χ0n) is 16.4. The maximum atomic E-state index is 11.3. The largest absolute Gasteiger partial charge is 0.508 e. The Balaban J connectivity index is 1.91. The highest BCUT2D eigenvalue weighted by molar-refractivity contribution is 5.64. The summed E-state index contributed by atoms with van der Waals surface area (Å²) in [6.07, 6.45) is 1.42. The second-order valence-corrected chi connectivity index (χ2v) is 7.12. The van der Waals surface area contributed by atoms with Gasteiger partial charge in [0.15, 0.2) is 0 Å². The zero-order valence-corrected chi connectivity index (χ0v) is 16.4. The molecule has 27 heavy (non-hydrogen) atoms. The molecule has 0 aliphatic carbocycles. The van der Waals surface area contributed by atoms with Crippen LogP contribution in [0.15, 0.2) is 24.3 Å². The van der Waals surface area contributed by atoms with E-state index >= 15 is 0 Å². The van der Waals surface area contributed by atoms with Crippen LogP contribution in [0.5, 0.6) is 5.75 Å². The molecule has 0 bridgehead atoms. The number of benzene rings is 1. The van der Waals surface area contributed by atoms with Crippen molar-refractivity contribution in [2.45, 2.75) is 26.3 Å². The molecule has 0 aromatic heterocycles. The van der Waals surface area contributed by atoms with Gasteiger partial charge in [-0.25, -0.2) is 4.79 Å². The molecule has 0 saturated carbocycles. The highest BCUT2D eigenvalue weighted by atomic mass is 16.4. The van der Waals surface area contributed by atoms with Gasteiger partial charge in [0.2, 0.25) is 0 Å². The van der Waals surface area contributed by atoms with Gasteiger partial charge in [-0.15, -0.1) is 0 Å². The summed E-state index contributed by atoms with van der Waals surface area (Å²) in [7, 11) is 0. The van der Waals surface area contributed by atoms with Crippen LogP contribution in [-0.4, -0.2) is 89.9 Å². The number of para-hydroxylation sites is 1. The van der Waals surface area contributed by atoms with E-state index in [1.807, 2.05) is 18.2 Å². The Kier molecular flexibility index (Phi) is 9.38. The number of carboxylic acid groups (broad SMARTS) is 1. The summed E-state index contributed by atoms with van der Waals surface area (Å²) in [4.78, 5) is 17.5. The van der Waals surface area contributed by atoms with Gasteiger partial charge in [-0.1, -0.05) is 31.5 Å². The first kappa shape index (κ1) is 21.5. The number of phenols is 1. The molecule has 1 aliphatic heterocycles. The van der Waals surface area contributed by atoms with E-state index in [4.69, 9.17) is 0 Å². The Morgan fingerprint density at radius 2 is 1.93 bits per heavy atom. The van der Waals surface area contributed by atoms with E-state index in [1.165, 1.54) is 4.90 Å². The predicted octanol–water partition coefficient (Wildman–Crippen LogP) is 1.88. The Morgan fingerprint density at radius 1 is 1.15 bits per heavy atom. The molecular weight excluding hydrogens is 344 g/mol. The summed E-state index contributed by atoms with van der Waals surface area (Å²) in [6.45, 7) is 10.1. The van der Waals surface area contributed by atoms with Crippen LogP contribution in [0, 0.1) is 0 Å². The molecule has 152 valence electrons. The molecule has 1 aliphatic rings. The molecule has 3 N–H and O–H groups in total. The Morgan fingerprint density at radius 3 is 2.67 bits per heavy atom. The first-order valence-electron chi connectivity index (χ1n) is 10.00. The maximum absolute atomic E-state index is 11.3. The fourth-order valence-corrected chi connectivity index (χ4v) is 3.30. The van der Waals surface area contributed by atoms with Crippen LogP contribution < -0.4 is 5.32 Å². The van der Waals surface area contributed by atoms with Crippen molar-refractivity contribution in [2.75, 3.05) is 58.9 Å². The first-order chi connectivity index (χ1) is 13.1. The smallest absolute Gasteiger partial charge is 0.407 e. The number of phenolic OH excluding ortho intramolecular Hbond substituents is 1. The second-order valence-electron chi connectivity index (χ2n) is 7.12. The van der Waals surface area contributed by atoms with Crippen LogP contribution >= 0.6 is 0 Å². The fraction of sp³-hybridized carbons (Fsp3) is 0.650. The van der Waals surface area contributed by atoms with Crippen molar-refractivity contribution in [1.82, 2.24) is 20.0 Å². The van der Waals surface area contributed by atoms with E-state index in [0.717, 1.165) is 64.2 Å². The molecule has 2 rings (SSSR count). The maximum Gasteiger partial charge on any atom is 0.407 e. The van der Waals surface area contributed by atoms with Crippen molar-refractivity contribution in [3.05, 3.63) is 29.8 Å². The molecule has 0 radical (unpaired) electrons. The quantitative estimate of drug-likeness (QED) is 0.641.